The highest BCUT2D eigenvalue weighted by atomic mass is 19.4. The highest BCUT2D eigenvalue weighted by molar-refractivity contribution is 5.99. The molecule has 0 atom stereocenters. The van der Waals surface area contributed by atoms with Crippen molar-refractivity contribution >= 4 is 11.4 Å². The van der Waals surface area contributed by atoms with Gasteiger partial charge in [-0.05, 0) is 49.9 Å². The zero-order valence-corrected chi connectivity index (χ0v) is 9.95. The summed E-state index contributed by atoms with van der Waals surface area (Å²) in [6.45, 7) is 3.55. The fraction of sp³-hybridized carbons (Fsp3) is 0.250. The van der Waals surface area contributed by atoms with Crippen LogP contribution in [-0.4, -0.2) is 12.1 Å². The fourth-order valence-electron chi connectivity index (χ4n) is 1.12. The number of rotatable bonds is 3. The largest absolute Gasteiger partial charge is 0.573 e. The van der Waals surface area contributed by atoms with Gasteiger partial charge in [0.1, 0.15) is 5.75 Å². The quantitative estimate of drug-likeness (QED) is 0.843. The molecule has 0 saturated heterocycles. The molecule has 0 aliphatic heterocycles. The second-order valence-electron chi connectivity index (χ2n) is 3.59. The van der Waals surface area contributed by atoms with Gasteiger partial charge in [-0.2, -0.15) is 0 Å². The van der Waals surface area contributed by atoms with E-state index >= 15 is 0 Å². The van der Waals surface area contributed by atoms with Gasteiger partial charge in [0.25, 0.3) is 0 Å². The first kappa shape index (κ1) is 14.1. The van der Waals surface area contributed by atoms with Crippen molar-refractivity contribution in [2.75, 3.05) is 0 Å². The predicted molar refractivity (Wildman–Crippen MR) is 63.8 cm³/mol. The molecule has 0 aliphatic rings. The number of benzene rings is 1. The molecular formula is C12H13F3N2O. The molecule has 0 saturated carbocycles. The lowest BCUT2D eigenvalue weighted by Gasteiger charge is -2.08. The molecule has 0 spiro atoms. The van der Waals surface area contributed by atoms with Crippen molar-refractivity contribution in [2.24, 2.45) is 10.7 Å². The minimum atomic E-state index is -4.68. The molecule has 3 nitrogen and oxygen atoms in total. The standard InChI is InChI=1S/C12H13F3N2O/c1-8(7-16)9(2)17-10-3-5-11(6-4-10)18-12(13,14)15/h3-7H,16H2,1-2H3/b8-7-,17-9?. The lowest BCUT2D eigenvalue weighted by molar-refractivity contribution is -0.274. The highest BCUT2D eigenvalue weighted by Gasteiger charge is 2.30. The molecule has 1 rings (SSSR count). The van der Waals surface area contributed by atoms with Crippen molar-refractivity contribution < 1.29 is 17.9 Å². The van der Waals surface area contributed by atoms with E-state index in [1.165, 1.54) is 30.5 Å². The SMILES string of the molecule is CC(=Nc1ccc(OC(F)(F)F)cc1)/C(C)=C\N. The molecule has 18 heavy (non-hydrogen) atoms. The number of halogens is 3. The predicted octanol–water partition coefficient (Wildman–Crippen LogP) is 3.54. The third kappa shape index (κ3) is 4.48. The maximum atomic E-state index is 11.9. The van der Waals surface area contributed by atoms with Gasteiger partial charge in [-0.1, -0.05) is 0 Å². The van der Waals surface area contributed by atoms with E-state index in [-0.39, 0.29) is 5.75 Å². The normalized spacial score (nSPS) is 13.6. The van der Waals surface area contributed by atoms with Crippen molar-refractivity contribution in [1.82, 2.24) is 0 Å². The van der Waals surface area contributed by atoms with E-state index in [0.717, 1.165) is 5.57 Å². The average Bonchev–Trinajstić information content (AvgIpc) is 2.28. The van der Waals surface area contributed by atoms with Crippen LogP contribution in [0.5, 0.6) is 5.75 Å². The number of allylic oxidation sites excluding steroid dienone is 1. The summed E-state index contributed by atoms with van der Waals surface area (Å²) in [5, 5.41) is 0. The van der Waals surface area contributed by atoms with Gasteiger partial charge in [0.15, 0.2) is 0 Å². The number of aliphatic imine (C=N–C) groups is 1. The molecule has 98 valence electrons. The third-order valence-corrected chi connectivity index (χ3v) is 2.19. The molecule has 0 fully saturated rings. The van der Waals surface area contributed by atoms with Crippen molar-refractivity contribution in [2.45, 2.75) is 20.2 Å². The Morgan fingerprint density at radius 1 is 1.22 bits per heavy atom. The molecule has 1 aromatic rings. The summed E-state index contributed by atoms with van der Waals surface area (Å²) in [5.74, 6) is -0.273. The average molecular weight is 258 g/mol. The van der Waals surface area contributed by atoms with Gasteiger partial charge in [0.05, 0.1) is 5.69 Å². The van der Waals surface area contributed by atoms with Crippen LogP contribution in [0.2, 0.25) is 0 Å². The van der Waals surface area contributed by atoms with Crippen LogP contribution in [0.3, 0.4) is 0 Å². The summed E-state index contributed by atoms with van der Waals surface area (Å²) < 4.78 is 39.5. The van der Waals surface area contributed by atoms with Crippen LogP contribution < -0.4 is 10.5 Å². The van der Waals surface area contributed by atoms with Crippen molar-refractivity contribution in [3.8, 4) is 5.75 Å². The minimum absolute atomic E-state index is 0.273. The van der Waals surface area contributed by atoms with Crippen molar-refractivity contribution in [3.05, 3.63) is 36.0 Å². The van der Waals surface area contributed by atoms with Crippen LogP contribution in [0.15, 0.2) is 41.0 Å². The lowest BCUT2D eigenvalue weighted by Crippen LogP contribution is -2.16. The maximum Gasteiger partial charge on any atom is 0.573 e. The topological polar surface area (TPSA) is 47.6 Å². The number of hydrogen-bond acceptors (Lipinski definition) is 3. The second kappa shape index (κ2) is 5.57. The zero-order chi connectivity index (χ0) is 13.8. The Morgan fingerprint density at radius 2 is 1.78 bits per heavy atom. The maximum absolute atomic E-state index is 11.9. The first-order valence-corrected chi connectivity index (χ1v) is 5.12. The second-order valence-corrected chi connectivity index (χ2v) is 3.59. The summed E-state index contributed by atoms with van der Waals surface area (Å²) in [5.41, 5.74) is 7.36. The van der Waals surface area contributed by atoms with Crippen LogP contribution in [0.25, 0.3) is 0 Å². The van der Waals surface area contributed by atoms with E-state index in [0.29, 0.717) is 11.4 Å². The Morgan fingerprint density at radius 3 is 2.22 bits per heavy atom. The van der Waals surface area contributed by atoms with E-state index in [4.69, 9.17) is 5.73 Å². The van der Waals surface area contributed by atoms with Crippen LogP contribution in [0.1, 0.15) is 13.8 Å². The molecular weight excluding hydrogens is 245 g/mol. The van der Waals surface area contributed by atoms with Gasteiger partial charge in [-0.25, -0.2) is 0 Å². The number of ether oxygens (including phenoxy) is 1. The lowest BCUT2D eigenvalue weighted by atomic mass is 10.2. The van der Waals surface area contributed by atoms with E-state index in [2.05, 4.69) is 9.73 Å². The highest BCUT2D eigenvalue weighted by Crippen LogP contribution is 2.25. The Kier molecular flexibility index (Phi) is 4.36. The van der Waals surface area contributed by atoms with Crippen molar-refractivity contribution in [3.63, 3.8) is 0 Å². The molecule has 1 aromatic carbocycles. The first-order valence-electron chi connectivity index (χ1n) is 5.12. The molecule has 0 bridgehead atoms. The van der Waals surface area contributed by atoms with E-state index in [9.17, 15) is 13.2 Å². The van der Waals surface area contributed by atoms with Gasteiger partial charge in [0, 0.05) is 5.71 Å². The molecule has 0 radical (unpaired) electrons. The van der Waals surface area contributed by atoms with E-state index < -0.39 is 6.36 Å². The number of nitrogens with two attached hydrogens (primary N) is 1. The monoisotopic (exact) mass is 258 g/mol. The number of nitrogens with zero attached hydrogens (tertiary/aromatic N) is 1. The molecule has 6 heteroatoms. The molecule has 0 amide bonds. The summed E-state index contributed by atoms with van der Waals surface area (Å²) in [7, 11) is 0. The van der Waals surface area contributed by atoms with Gasteiger partial charge in [0.2, 0.25) is 0 Å². The molecule has 0 aliphatic carbocycles. The summed E-state index contributed by atoms with van der Waals surface area (Å²) in [6, 6.07) is 5.30. The van der Waals surface area contributed by atoms with Crippen molar-refractivity contribution in [1.29, 1.82) is 0 Å². The summed E-state index contributed by atoms with van der Waals surface area (Å²) >= 11 is 0. The first-order chi connectivity index (χ1) is 8.31. The minimum Gasteiger partial charge on any atom is -0.406 e. The zero-order valence-electron chi connectivity index (χ0n) is 9.95. The van der Waals surface area contributed by atoms with Crippen LogP contribution in [0.4, 0.5) is 18.9 Å². The van der Waals surface area contributed by atoms with Gasteiger partial charge >= 0.3 is 6.36 Å². The molecule has 0 unspecified atom stereocenters. The Labute approximate surface area is 103 Å². The van der Waals surface area contributed by atoms with Crippen LogP contribution in [0, 0.1) is 0 Å². The summed E-state index contributed by atoms with van der Waals surface area (Å²) in [4.78, 5) is 4.20. The van der Waals surface area contributed by atoms with E-state index in [1.807, 2.05) is 0 Å². The van der Waals surface area contributed by atoms with Crippen LogP contribution >= 0.6 is 0 Å². The van der Waals surface area contributed by atoms with Gasteiger partial charge in [-0.3, -0.25) is 4.99 Å². The number of alkyl halides is 3. The Hall–Kier alpha value is -1.98. The third-order valence-electron chi connectivity index (χ3n) is 2.19. The Bertz CT molecular complexity index is 461. The number of hydrogen-bond donors (Lipinski definition) is 1. The Balaban J connectivity index is 2.84. The van der Waals surface area contributed by atoms with Gasteiger partial charge in [-0.15, -0.1) is 13.2 Å². The van der Waals surface area contributed by atoms with E-state index in [1.54, 1.807) is 13.8 Å². The summed E-state index contributed by atoms with van der Waals surface area (Å²) in [6.07, 6.45) is -3.26. The molecule has 0 heterocycles. The van der Waals surface area contributed by atoms with Crippen LogP contribution in [-0.2, 0) is 0 Å². The smallest absolute Gasteiger partial charge is 0.406 e. The van der Waals surface area contributed by atoms with Gasteiger partial charge < -0.3 is 10.5 Å². The molecule has 2 N–H and O–H groups in total. The fourth-order valence-corrected chi connectivity index (χ4v) is 1.12. The molecule has 0 aromatic heterocycles.